The third kappa shape index (κ3) is 3.66. The molecule has 4 fully saturated rings. The van der Waals surface area contributed by atoms with E-state index < -0.39 is 0 Å². The Morgan fingerprint density at radius 2 is 1.73 bits per heavy atom. The monoisotopic (exact) mass is 415 g/mol. The lowest BCUT2D eigenvalue weighted by molar-refractivity contribution is -0.154. The van der Waals surface area contributed by atoms with Gasteiger partial charge in [0.2, 0.25) is 5.91 Å². The Balaban J connectivity index is 1.47. The number of rotatable bonds is 5. The third-order valence-corrected chi connectivity index (χ3v) is 10.4. The summed E-state index contributed by atoms with van der Waals surface area (Å²) in [6.07, 6.45) is 12.8. The Bertz CT molecular complexity index is 672. The van der Waals surface area contributed by atoms with Crippen LogP contribution in [0.3, 0.4) is 0 Å². The second kappa shape index (κ2) is 8.24. The zero-order valence-corrected chi connectivity index (χ0v) is 20.1. The van der Waals surface area contributed by atoms with Crippen molar-refractivity contribution < 1.29 is 9.59 Å². The second-order valence-corrected chi connectivity index (χ2v) is 12.3. The Morgan fingerprint density at radius 1 is 1.00 bits per heavy atom. The minimum absolute atomic E-state index is 0.203. The predicted molar refractivity (Wildman–Crippen MR) is 122 cm³/mol. The molecule has 0 unspecified atom stereocenters. The Labute approximate surface area is 184 Å². The first-order chi connectivity index (χ1) is 14.2. The van der Waals surface area contributed by atoms with Gasteiger partial charge in [0.05, 0.1) is 0 Å². The van der Waals surface area contributed by atoms with Crippen LogP contribution in [0, 0.1) is 46.3 Å². The largest absolute Gasteiger partial charge is 0.354 e. The molecule has 4 saturated carbocycles. The molecule has 30 heavy (non-hydrogen) atoms. The first kappa shape index (κ1) is 22.3. The minimum Gasteiger partial charge on any atom is -0.354 e. The molecule has 170 valence electrons. The predicted octanol–water partition coefficient (Wildman–Crippen LogP) is 6.16. The summed E-state index contributed by atoms with van der Waals surface area (Å²) >= 11 is 0. The van der Waals surface area contributed by atoms with E-state index in [0.29, 0.717) is 41.3 Å². The van der Waals surface area contributed by atoms with Gasteiger partial charge in [-0.2, -0.15) is 0 Å². The summed E-state index contributed by atoms with van der Waals surface area (Å²) in [5, 5.41) is 3.05. The number of nitrogens with one attached hydrogen (secondary N) is 1. The van der Waals surface area contributed by atoms with E-state index >= 15 is 0 Å². The van der Waals surface area contributed by atoms with Crippen molar-refractivity contribution in [2.24, 2.45) is 46.3 Å². The van der Waals surface area contributed by atoms with Gasteiger partial charge in [-0.15, -0.1) is 0 Å². The van der Waals surface area contributed by atoms with Crippen LogP contribution in [0.4, 0.5) is 0 Å². The SMILES string of the molecule is CC(C)NC(=O)CC[C@H](C)[C@@H]1CC[C@@H]2[C@H]3CC(=O)[C@H]4CCCC[C@@]4(C)[C@@H]3CC[C@]21C. The van der Waals surface area contributed by atoms with E-state index in [-0.39, 0.29) is 17.4 Å². The molecule has 0 spiro atoms. The molecule has 1 N–H and O–H groups in total. The molecule has 0 aromatic rings. The van der Waals surface area contributed by atoms with Gasteiger partial charge in [0.15, 0.2) is 0 Å². The van der Waals surface area contributed by atoms with E-state index in [1.165, 1.54) is 44.9 Å². The van der Waals surface area contributed by atoms with Gasteiger partial charge < -0.3 is 5.32 Å². The van der Waals surface area contributed by atoms with Crippen LogP contribution in [-0.4, -0.2) is 17.7 Å². The first-order valence-electron chi connectivity index (χ1n) is 13.0. The molecule has 1 amide bonds. The number of ketones is 1. The molecule has 4 aliphatic carbocycles. The van der Waals surface area contributed by atoms with Crippen LogP contribution >= 0.6 is 0 Å². The molecule has 0 aromatic carbocycles. The van der Waals surface area contributed by atoms with Crippen LogP contribution in [0.1, 0.15) is 105 Å². The van der Waals surface area contributed by atoms with Crippen LogP contribution in [0.15, 0.2) is 0 Å². The molecule has 4 aliphatic rings. The maximum atomic E-state index is 13.2. The fourth-order valence-electron chi connectivity index (χ4n) is 9.03. The molecule has 0 aliphatic heterocycles. The molecule has 3 heteroatoms. The second-order valence-electron chi connectivity index (χ2n) is 12.3. The zero-order valence-electron chi connectivity index (χ0n) is 20.1. The highest BCUT2D eigenvalue weighted by Gasteiger charge is 2.61. The molecule has 0 radical (unpaired) electrons. The van der Waals surface area contributed by atoms with Crippen molar-refractivity contribution in [3.05, 3.63) is 0 Å². The molecule has 0 aromatic heterocycles. The van der Waals surface area contributed by atoms with Crippen molar-refractivity contribution in [3.63, 3.8) is 0 Å². The number of carbonyl (C=O) groups is 2. The number of amides is 1. The summed E-state index contributed by atoms with van der Waals surface area (Å²) in [5.41, 5.74) is 0.644. The lowest BCUT2D eigenvalue weighted by atomic mass is 9.44. The topological polar surface area (TPSA) is 46.2 Å². The van der Waals surface area contributed by atoms with Crippen LogP contribution < -0.4 is 5.32 Å². The molecule has 0 heterocycles. The molecule has 3 nitrogen and oxygen atoms in total. The summed E-state index contributed by atoms with van der Waals surface area (Å²) in [7, 11) is 0. The van der Waals surface area contributed by atoms with Crippen molar-refractivity contribution >= 4 is 11.7 Å². The van der Waals surface area contributed by atoms with E-state index in [2.05, 4.69) is 26.1 Å². The van der Waals surface area contributed by atoms with Crippen molar-refractivity contribution in [2.75, 3.05) is 0 Å². The van der Waals surface area contributed by atoms with E-state index in [1.54, 1.807) is 0 Å². The lowest BCUT2D eigenvalue weighted by Crippen LogP contribution is -2.56. The molecular weight excluding hydrogens is 370 g/mol. The maximum Gasteiger partial charge on any atom is 0.220 e. The lowest BCUT2D eigenvalue weighted by Gasteiger charge is -2.60. The molecule has 4 rings (SSSR count). The number of carbonyl (C=O) groups excluding carboxylic acids is 2. The quantitative estimate of drug-likeness (QED) is 0.585. The number of hydrogen-bond acceptors (Lipinski definition) is 2. The van der Waals surface area contributed by atoms with Gasteiger partial charge in [-0.3, -0.25) is 9.59 Å². The Hall–Kier alpha value is -0.860. The zero-order chi connectivity index (χ0) is 21.7. The van der Waals surface area contributed by atoms with Crippen LogP contribution in [0.5, 0.6) is 0 Å². The van der Waals surface area contributed by atoms with Gasteiger partial charge in [0.25, 0.3) is 0 Å². The molecule has 0 saturated heterocycles. The fourth-order valence-corrected chi connectivity index (χ4v) is 9.03. The summed E-state index contributed by atoms with van der Waals surface area (Å²) in [4.78, 5) is 25.4. The smallest absolute Gasteiger partial charge is 0.220 e. The van der Waals surface area contributed by atoms with E-state index in [4.69, 9.17) is 0 Å². The van der Waals surface area contributed by atoms with Crippen LogP contribution in [0.25, 0.3) is 0 Å². The standard InChI is InChI=1S/C27H45NO2/c1-17(2)28-25(30)12-9-18(3)20-10-11-21-19-16-24(29)23-8-6-7-14-26(23,4)22(19)13-15-27(20,21)5/h17-23H,6-16H2,1-5H3,(H,28,30)/t18-,19+,20-,21+,22+,23+,26-,27-/m0/s1. The van der Waals surface area contributed by atoms with Crippen molar-refractivity contribution in [1.29, 1.82) is 0 Å². The molecule has 8 atom stereocenters. The fraction of sp³-hybridized carbons (Fsp3) is 0.926. The summed E-state index contributed by atoms with van der Waals surface area (Å²) < 4.78 is 0. The number of hydrogen-bond donors (Lipinski definition) is 1. The van der Waals surface area contributed by atoms with Crippen molar-refractivity contribution in [1.82, 2.24) is 5.32 Å². The minimum atomic E-state index is 0.203. The molecule has 0 bridgehead atoms. The molecular formula is C27H45NO2. The Kier molecular flexibility index (Phi) is 6.14. The summed E-state index contributed by atoms with van der Waals surface area (Å²) in [5.74, 6) is 4.57. The highest BCUT2D eigenvalue weighted by atomic mass is 16.1. The number of Topliss-reactive ketones (excluding diaryl/α,β-unsaturated/α-hetero) is 1. The van der Waals surface area contributed by atoms with E-state index in [0.717, 1.165) is 31.1 Å². The van der Waals surface area contributed by atoms with E-state index in [9.17, 15) is 9.59 Å². The maximum absolute atomic E-state index is 13.2. The highest BCUT2D eigenvalue weighted by molar-refractivity contribution is 5.83. The Morgan fingerprint density at radius 3 is 2.47 bits per heavy atom. The van der Waals surface area contributed by atoms with Gasteiger partial charge in [-0.05, 0) is 99.2 Å². The number of fused-ring (bicyclic) bond motifs is 5. The highest BCUT2D eigenvalue weighted by Crippen LogP contribution is 2.67. The average Bonchev–Trinajstić information content (AvgIpc) is 3.03. The third-order valence-electron chi connectivity index (χ3n) is 10.4. The first-order valence-corrected chi connectivity index (χ1v) is 13.0. The van der Waals surface area contributed by atoms with Crippen molar-refractivity contribution in [3.8, 4) is 0 Å². The van der Waals surface area contributed by atoms with Gasteiger partial charge in [0.1, 0.15) is 5.78 Å². The normalized spacial score (nSPS) is 44.2. The van der Waals surface area contributed by atoms with Crippen molar-refractivity contribution in [2.45, 2.75) is 111 Å². The van der Waals surface area contributed by atoms with Crippen LogP contribution in [-0.2, 0) is 9.59 Å². The van der Waals surface area contributed by atoms with Crippen LogP contribution in [0.2, 0.25) is 0 Å². The van der Waals surface area contributed by atoms with Gasteiger partial charge >= 0.3 is 0 Å². The van der Waals surface area contributed by atoms with Gasteiger partial charge in [0, 0.05) is 24.8 Å². The van der Waals surface area contributed by atoms with Gasteiger partial charge in [-0.25, -0.2) is 0 Å². The van der Waals surface area contributed by atoms with E-state index in [1.807, 2.05) is 13.8 Å². The summed E-state index contributed by atoms with van der Waals surface area (Å²) in [6.45, 7) is 11.5. The summed E-state index contributed by atoms with van der Waals surface area (Å²) in [6, 6.07) is 0.227. The van der Waals surface area contributed by atoms with Gasteiger partial charge in [-0.1, -0.05) is 33.6 Å². The average molecular weight is 416 g/mol.